The Bertz CT molecular complexity index is 459. The summed E-state index contributed by atoms with van der Waals surface area (Å²) in [6.45, 7) is 2.21. The standard InChI is InChI=1S/C15H21NO3/c1-10-5-3-4-6-14(10)19-11-7-8-13(16)12(9-11)15(17)18-2/h7-10,14H,3-6,16H2,1-2H3. The van der Waals surface area contributed by atoms with Crippen molar-refractivity contribution in [3.05, 3.63) is 23.8 Å². The number of esters is 1. The summed E-state index contributed by atoms with van der Waals surface area (Å²) < 4.78 is 10.7. The Morgan fingerprint density at radius 2 is 2.05 bits per heavy atom. The van der Waals surface area contributed by atoms with Gasteiger partial charge >= 0.3 is 5.97 Å². The van der Waals surface area contributed by atoms with E-state index in [1.54, 1.807) is 12.1 Å². The van der Waals surface area contributed by atoms with Crippen molar-refractivity contribution < 1.29 is 14.3 Å². The van der Waals surface area contributed by atoms with Crippen LogP contribution in [-0.2, 0) is 4.74 Å². The SMILES string of the molecule is COC(=O)c1cc(OC2CCCCC2C)ccc1N. The Morgan fingerprint density at radius 1 is 1.32 bits per heavy atom. The summed E-state index contributed by atoms with van der Waals surface area (Å²) in [5.74, 6) is 0.806. The Balaban J connectivity index is 2.14. The van der Waals surface area contributed by atoms with Crippen LogP contribution in [0.15, 0.2) is 18.2 Å². The Kier molecular flexibility index (Phi) is 4.30. The van der Waals surface area contributed by atoms with Crippen molar-refractivity contribution >= 4 is 11.7 Å². The molecule has 0 amide bonds. The van der Waals surface area contributed by atoms with E-state index < -0.39 is 5.97 Å². The van der Waals surface area contributed by atoms with Crippen LogP contribution in [0.3, 0.4) is 0 Å². The lowest BCUT2D eigenvalue weighted by Crippen LogP contribution is -2.28. The van der Waals surface area contributed by atoms with Crippen molar-refractivity contribution in [2.45, 2.75) is 38.7 Å². The zero-order valence-corrected chi connectivity index (χ0v) is 11.5. The van der Waals surface area contributed by atoms with E-state index in [1.165, 1.54) is 26.4 Å². The summed E-state index contributed by atoms with van der Waals surface area (Å²) in [7, 11) is 1.35. The average molecular weight is 263 g/mol. The molecule has 0 aromatic heterocycles. The van der Waals surface area contributed by atoms with E-state index in [4.69, 9.17) is 15.2 Å². The summed E-state index contributed by atoms with van der Waals surface area (Å²) >= 11 is 0. The Labute approximate surface area is 113 Å². The fourth-order valence-corrected chi connectivity index (χ4v) is 2.53. The number of hydrogen-bond donors (Lipinski definition) is 1. The third-order valence-electron chi connectivity index (χ3n) is 3.75. The number of benzene rings is 1. The van der Waals surface area contributed by atoms with E-state index in [1.807, 2.05) is 6.07 Å². The summed E-state index contributed by atoms with van der Waals surface area (Å²) in [6.07, 6.45) is 4.97. The number of anilines is 1. The van der Waals surface area contributed by atoms with Crippen LogP contribution in [0.4, 0.5) is 5.69 Å². The van der Waals surface area contributed by atoms with Gasteiger partial charge in [-0.05, 0) is 43.4 Å². The van der Waals surface area contributed by atoms with Gasteiger partial charge in [-0.25, -0.2) is 4.79 Å². The lowest BCUT2D eigenvalue weighted by atomic mass is 9.88. The molecule has 0 bridgehead atoms. The van der Waals surface area contributed by atoms with E-state index in [9.17, 15) is 4.79 Å². The van der Waals surface area contributed by atoms with Gasteiger partial charge in [0.05, 0.1) is 12.7 Å². The molecule has 0 radical (unpaired) electrons. The number of carbonyl (C=O) groups is 1. The van der Waals surface area contributed by atoms with Gasteiger partial charge < -0.3 is 15.2 Å². The fraction of sp³-hybridized carbons (Fsp3) is 0.533. The van der Waals surface area contributed by atoms with E-state index >= 15 is 0 Å². The third kappa shape index (κ3) is 3.19. The molecule has 2 rings (SSSR count). The predicted molar refractivity (Wildman–Crippen MR) is 74.2 cm³/mol. The molecule has 0 saturated heterocycles. The molecule has 1 saturated carbocycles. The van der Waals surface area contributed by atoms with E-state index in [-0.39, 0.29) is 6.10 Å². The van der Waals surface area contributed by atoms with Crippen LogP contribution in [0.25, 0.3) is 0 Å². The van der Waals surface area contributed by atoms with Gasteiger partial charge in [0.25, 0.3) is 0 Å². The maximum absolute atomic E-state index is 11.6. The first-order chi connectivity index (χ1) is 9.11. The molecule has 0 aliphatic heterocycles. The highest BCUT2D eigenvalue weighted by Gasteiger charge is 2.23. The fourth-order valence-electron chi connectivity index (χ4n) is 2.53. The Hall–Kier alpha value is -1.71. The molecule has 2 unspecified atom stereocenters. The smallest absolute Gasteiger partial charge is 0.340 e. The molecule has 1 fully saturated rings. The second kappa shape index (κ2) is 5.95. The summed E-state index contributed by atoms with van der Waals surface area (Å²) in [5.41, 5.74) is 6.55. The van der Waals surface area contributed by atoms with Crippen molar-refractivity contribution in [1.29, 1.82) is 0 Å². The average Bonchev–Trinajstić information content (AvgIpc) is 2.42. The van der Waals surface area contributed by atoms with Crippen LogP contribution in [0.2, 0.25) is 0 Å². The van der Waals surface area contributed by atoms with Crippen LogP contribution in [0.5, 0.6) is 5.75 Å². The monoisotopic (exact) mass is 263 g/mol. The first-order valence-electron chi connectivity index (χ1n) is 6.76. The molecule has 2 atom stereocenters. The molecule has 1 aromatic rings. The van der Waals surface area contributed by atoms with E-state index in [2.05, 4.69) is 6.92 Å². The van der Waals surface area contributed by atoms with Crippen LogP contribution in [0, 0.1) is 5.92 Å². The minimum atomic E-state index is -0.431. The number of nitrogens with two attached hydrogens (primary N) is 1. The molecule has 104 valence electrons. The lowest BCUT2D eigenvalue weighted by molar-refractivity contribution is 0.0600. The number of rotatable bonds is 3. The van der Waals surface area contributed by atoms with E-state index in [0.29, 0.717) is 22.9 Å². The molecule has 1 aliphatic rings. The third-order valence-corrected chi connectivity index (χ3v) is 3.75. The molecular weight excluding hydrogens is 242 g/mol. The highest BCUT2D eigenvalue weighted by Crippen LogP contribution is 2.29. The molecule has 19 heavy (non-hydrogen) atoms. The highest BCUT2D eigenvalue weighted by molar-refractivity contribution is 5.95. The second-order valence-electron chi connectivity index (χ2n) is 5.16. The van der Waals surface area contributed by atoms with Crippen molar-refractivity contribution in [3.8, 4) is 5.75 Å². The van der Waals surface area contributed by atoms with Gasteiger partial charge in [-0.2, -0.15) is 0 Å². The molecule has 0 heterocycles. The van der Waals surface area contributed by atoms with Gasteiger partial charge in [0, 0.05) is 5.69 Å². The summed E-state index contributed by atoms with van der Waals surface area (Å²) in [6, 6.07) is 5.17. The van der Waals surface area contributed by atoms with Crippen molar-refractivity contribution in [2.75, 3.05) is 12.8 Å². The maximum atomic E-state index is 11.6. The minimum Gasteiger partial charge on any atom is -0.490 e. The number of nitrogen functional groups attached to an aromatic ring is 1. The number of ether oxygens (including phenoxy) is 2. The minimum absolute atomic E-state index is 0.225. The number of hydrogen-bond acceptors (Lipinski definition) is 4. The van der Waals surface area contributed by atoms with Crippen molar-refractivity contribution in [1.82, 2.24) is 0 Å². The van der Waals surface area contributed by atoms with Gasteiger partial charge in [0.1, 0.15) is 11.9 Å². The molecule has 4 nitrogen and oxygen atoms in total. The molecule has 1 aliphatic carbocycles. The first kappa shape index (κ1) is 13.7. The van der Waals surface area contributed by atoms with Gasteiger partial charge in [-0.1, -0.05) is 13.3 Å². The van der Waals surface area contributed by atoms with Crippen LogP contribution < -0.4 is 10.5 Å². The maximum Gasteiger partial charge on any atom is 0.340 e. The van der Waals surface area contributed by atoms with Crippen LogP contribution in [0.1, 0.15) is 43.0 Å². The highest BCUT2D eigenvalue weighted by atomic mass is 16.5. The molecule has 0 spiro atoms. The number of methoxy groups -OCH3 is 1. The summed E-state index contributed by atoms with van der Waals surface area (Å²) in [4.78, 5) is 11.6. The van der Waals surface area contributed by atoms with Gasteiger partial charge in [0.2, 0.25) is 0 Å². The molecular formula is C15H21NO3. The van der Waals surface area contributed by atoms with E-state index in [0.717, 1.165) is 6.42 Å². The van der Waals surface area contributed by atoms with Crippen LogP contribution in [-0.4, -0.2) is 19.2 Å². The van der Waals surface area contributed by atoms with Gasteiger partial charge in [-0.15, -0.1) is 0 Å². The number of carbonyl (C=O) groups excluding carboxylic acids is 1. The topological polar surface area (TPSA) is 61.5 Å². The first-order valence-corrected chi connectivity index (χ1v) is 6.76. The molecule has 1 aromatic carbocycles. The zero-order chi connectivity index (χ0) is 13.8. The largest absolute Gasteiger partial charge is 0.490 e. The predicted octanol–water partition coefficient (Wildman–Crippen LogP) is 3.01. The zero-order valence-electron chi connectivity index (χ0n) is 11.5. The van der Waals surface area contributed by atoms with Crippen LogP contribution >= 0.6 is 0 Å². The summed E-state index contributed by atoms with van der Waals surface area (Å²) in [5, 5.41) is 0. The molecule has 4 heteroatoms. The quantitative estimate of drug-likeness (QED) is 0.672. The lowest BCUT2D eigenvalue weighted by Gasteiger charge is -2.29. The molecule has 2 N–H and O–H groups in total. The van der Waals surface area contributed by atoms with Gasteiger partial charge in [0.15, 0.2) is 0 Å². The van der Waals surface area contributed by atoms with Gasteiger partial charge in [-0.3, -0.25) is 0 Å². The second-order valence-corrected chi connectivity index (χ2v) is 5.16. The Morgan fingerprint density at radius 3 is 2.74 bits per heavy atom. The van der Waals surface area contributed by atoms with Crippen molar-refractivity contribution in [2.24, 2.45) is 5.92 Å². The van der Waals surface area contributed by atoms with Crippen molar-refractivity contribution in [3.63, 3.8) is 0 Å². The normalized spacial score (nSPS) is 22.8.